The van der Waals surface area contributed by atoms with Crippen LogP contribution in [-0.2, 0) is 25.7 Å². The first kappa shape index (κ1) is 37.3. The van der Waals surface area contributed by atoms with Crippen LogP contribution in [0.4, 0.5) is 0 Å². The normalized spacial score (nSPS) is 14.8. The number of amides is 4. The van der Waals surface area contributed by atoms with Gasteiger partial charge in [-0.2, -0.15) is 5.26 Å². The first-order chi connectivity index (χ1) is 23.8. The van der Waals surface area contributed by atoms with Crippen molar-refractivity contribution in [2.75, 3.05) is 19.8 Å². The van der Waals surface area contributed by atoms with E-state index < -0.39 is 41.3 Å². The number of aromatic nitrogens is 1. The van der Waals surface area contributed by atoms with Gasteiger partial charge >= 0.3 is 0 Å². The minimum Gasteiger partial charge on any atom is -0.491 e. The minimum atomic E-state index is -1.16. The summed E-state index contributed by atoms with van der Waals surface area (Å²) >= 11 is 0. The van der Waals surface area contributed by atoms with Crippen molar-refractivity contribution in [3.05, 3.63) is 88.3 Å². The Bertz CT molecular complexity index is 1730. The van der Waals surface area contributed by atoms with E-state index in [-0.39, 0.29) is 30.3 Å². The second kappa shape index (κ2) is 17.3. The standard InChI is InChI=1S/C37H44N6O7/c1-23-9-11-25(12-10-23)21-39-34(45)31(22-49-29-8-6-7-26(19-29)18-28(20-38)33(44)42-37(3,4)5)40-36(47)32(27-13-15-48-16-14-27)41-35(46)30-17-24(2)50-43-30/h6-12,17-19,27,31-32H,13-16,21-22H2,1-5H3,(H,39,45)(H,40,47)(H,41,46)(H,42,44)/t31?,32-/m0/s1. The van der Waals surface area contributed by atoms with Gasteiger partial charge in [-0.25, -0.2) is 0 Å². The summed E-state index contributed by atoms with van der Waals surface area (Å²) in [5.41, 5.74) is 1.90. The van der Waals surface area contributed by atoms with Crippen molar-refractivity contribution >= 4 is 29.7 Å². The monoisotopic (exact) mass is 684 g/mol. The molecule has 0 spiro atoms. The Morgan fingerprint density at radius 1 is 1.02 bits per heavy atom. The molecule has 4 N–H and O–H groups in total. The number of nitrogens with one attached hydrogen (secondary N) is 4. The van der Waals surface area contributed by atoms with Gasteiger partial charge < -0.3 is 35.3 Å². The van der Waals surface area contributed by atoms with Crippen LogP contribution in [0.3, 0.4) is 0 Å². The molecule has 0 saturated carbocycles. The molecule has 2 aromatic carbocycles. The number of benzene rings is 2. The van der Waals surface area contributed by atoms with E-state index in [0.717, 1.165) is 11.1 Å². The maximum absolute atomic E-state index is 13.9. The molecule has 13 heteroatoms. The lowest BCUT2D eigenvalue weighted by molar-refractivity contribution is -0.132. The van der Waals surface area contributed by atoms with Crippen LogP contribution in [0.1, 0.15) is 66.6 Å². The van der Waals surface area contributed by atoms with E-state index in [2.05, 4.69) is 26.4 Å². The van der Waals surface area contributed by atoms with E-state index in [0.29, 0.717) is 43.1 Å². The van der Waals surface area contributed by atoms with Crippen LogP contribution in [0.2, 0.25) is 0 Å². The SMILES string of the molecule is Cc1ccc(CNC(=O)C(COc2cccc(C=C(C#N)C(=O)NC(C)(C)C)c2)NC(=O)[C@@H](NC(=O)c2cc(C)on2)C2CCOCC2)cc1. The molecule has 1 aliphatic rings. The van der Waals surface area contributed by atoms with Crippen LogP contribution in [0.15, 0.2) is 64.7 Å². The zero-order valence-corrected chi connectivity index (χ0v) is 29.0. The Morgan fingerprint density at radius 2 is 1.74 bits per heavy atom. The number of hydrogen-bond acceptors (Lipinski definition) is 9. The molecule has 50 heavy (non-hydrogen) atoms. The number of nitrogens with zero attached hydrogens (tertiary/aromatic N) is 2. The summed E-state index contributed by atoms with van der Waals surface area (Å²) in [7, 11) is 0. The van der Waals surface area contributed by atoms with Crippen molar-refractivity contribution in [3.63, 3.8) is 0 Å². The van der Waals surface area contributed by atoms with Crippen LogP contribution in [0.25, 0.3) is 6.08 Å². The molecule has 1 saturated heterocycles. The highest BCUT2D eigenvalue weighted by molar-refractivity contribution is 6.02. The van der Waals surface area contributed by atoms with Crippen molar-refractivity contribution in [1.82, 2.24) is 26.4 Å². The number of rotatable bonds is 13. The average molecular weight is 685 g/mol. The molecular formula is C37H44N6O7. The summed E-state index contributed by atoms with van der Waals surface area (Å²) in [6.45, 7) is 9.88. The fraction of sp³-hybridized carbons (Fsp3) is 0.405. The molecule has 4 rings (SSSR count). The lowest BCUT2D eigenvalue weighted by Crippen LogP contribution is -2.58. The van der Waals surface area contributed by atoms with E-state index >= 15 is 0 Å². The molecule has 0 aliphatic carbocycles. The van der Waals surface area contributed by atoms with Gasteiger partial charge in [-0.1, -0.05) is 47.1 Å². The fourth-order valence-electron chi connectivity index (χ4n) is 5.19. The molecule has 3 aromatic rings. The van der Waals surface area contributed by atoms with E-state index in [1.165, 1.54) is 12.1 Å². The second-order valence-electron chi connectivity index (χ2n) is 13.2. The highest BCUT2D eigenvalue weighted by Gasteiger charge is 2.34. The molecule has 1 aromatic heterocycles. The number of carbonyl (C=O) groups is 4. The maximum atomic E-state index is 13.9. The first-order valence-electron chi connectivity index (χ1n) is 16.4. The van der Waals surface area contributed by atoms with Crippen LogP contribution in [-0.4, -0.2) is 66.2 Å². The van der Waals surface area contributed by atoms with Gasteiger partial charge in [-0.15, -0.1) is 0 Å². The van der Waals surface area contributed by atoms with Gasteiger partial charge in [0, 0.05) is 31.4 Å². The molecule has 2 atom stereocenters. The molecule has 1 fully saturated rings. The largest absolute Gasteiger partial charge is 0.491 e. The lowest BCUT2D eigenvalue weighted by atomic mass is 9.90. The highest BCUT2D eigenvalue weighted by Crippen LogP contribution is 2.21. The smallest absolute Gasteiger partial charge is 0.274 e. The topological polar surface area (TPSA) is 185 Å². The number of ether oxygens (including phenoxy) is 2. The van der Waals surface area contributed by atoms with Crippen LogP contribution in [0.5, 0.6) is 5.75 Å². The van der Waals surface area contributed by atoms with Crippen molar-refractivity contribution in [1.29, 1.82) is 5.26 Å². The maximum Gasteiger partial charge on any atom is 0.274 e. The number of aryl methyl sites for hydroxylation is 2. The third-order valence-corrected chi connectivity index (χ3v) is 7.83. The van der Waals surface area contributed by atoms with Gasteiger partial charge in [0.25, 0.3) is 11.8 Å². The van der Waals surface area contributed by atoms with Gasteiger partial charge in [0.05, 0.1) is 0 Å². The Labute approximate surface area is 291 Å². The zero-order chi connectivity index (χ0) is 36.3. The number of hydrogen-bond donors (Lipinski definition) is 4. The second-order valence-corrected chi connectivity index (χ2v) is 13.2. The van der Waals surface area contributed by atoms with Crippen molar-refractivity contribution in [2.24, 2.45) is 5.92 Å². The Kier molecular flexibility index (Phi) is 12.9. The Morgan fingerprint density at radius 3 is 2.38 bits per heavy atom. The Balaban J connectivity index is 1.54. The lowest BCUT2D eigenvalue weighted by Gasteiger charge is -2.31. The summed E-state index contributed by atoms with van der Waals surface area (Å²) in [6, 6.07) is 15.6. The third-order valence-electron chi connectivity index (χ3n) is 7.83. The molecule has 264 valence electrons. The van der Waals surface area contributed by atoms with Crippen LogP contribution in [0, 0.1) is 31.1 Å². The number of nitriles is 1. The summed E-state index contributed by atoms with van der Waals surface area (Å²) in [5, 5.41) is 24.6. The van der Waals surface area contributed by atoms with Gasteiger partial charge in [-0.3, -0.25) is 19.2 Å². The van der Waals surface area contributed by atoms with E-state index in [9.17, 15) is 24.4 Å². The summed E-state index contributed by atoms with van der Waals surface area (Å²) < 4.78 is 16.5. The third kappa shape index (κ3) is 11.3. The van der Waals surface area contributed by atoms with Gasteiger partial charge in [-0.05, 0) is 82.7 Å². The van der Waals surface area contributed by atoms with Gasteiger partial charge in [0.15, 0.2) is 5.69 Å². The van der Waals surface area contributed by atoms with Crippen molar-refractivity contribution < 1.29 is 33.2 Å². The number of carbonyl (C=O) groups excluding carboxylic acids is 4. The average Bonchev–Trinajstić information content (AvgIpc) is 3.53. The van der Waals surface area contributed by atoms with Crippen molar-refractivity contribution in [2.45, 2.75) is 71.6 Å². The minimum absolute atomic E-state index is 0.0347. The highest BCUT2D eigenvalue weighted by atomic mass is 16.5. The Hall–Kier alpha value is -5.48. The molecule has 2 heterocycles. The molecule has 1 aliphatic heterocycles. The van der Waals surface area contributed by atoms with E-state index in [4.69, 9.17) is 14.0 Å². The fourth-order valence-corrected chi connectivity index (χ4v) is 5.19. The summed E-state index contributed by atoms with van der Waals surface area (Å²) in [6.07, 6.45) is 2.49. The molecular weight excluding hydrogens is 640 g/mol. The molecule has 4 amide bonds. The molecule has 1 unspecified atom stereocenters. The predicted octanol–water partition coefficient (Wildman–Crippen LogP) is 3.52. The van der Waals surface area contributed by atoms with Crippen molar-refractivity contribution in [3.8, 4) is 11.8 Å². The zero-order valence-electron chi connectivity index (χ0n) is 29.0. The van der Waals surface area contributed by atoms with E-state index in [1.807, 2.05) is 58.0 Å². The van der Waals surface area contributed by atoms with Gasteiger partial charge in [0.1, 0.15) is 41.8 Å². The summed E-state index contributed by atoms with van der Waals surface area (Å²) in [4.78, 5) is 53.2. The molecule has 0 bridgehead atoms. The van der Waals surface area contributed by atoms with Crippen LogP contribution < -0.4 is 26.0 Å². The van der Waals surface area contributed by atoms with E-state index in [1.54, 1.807) is 31.2 Å². The predicted molar refractivity (Wildman–Crippen MR) is 184 cm³/mol. The quantitative estimate of drug-likeness (QED) is 0.155. The van der Waals surface area contributed by atoms with Crippen LogP contribution >= 0.6 is 0 Å². The molecule has 0 radical (unpaired) electrons. The van der Waals surface area contributed by atoms with Gasteiger partial charge in [0.2, 0.25) is 11.8 Å². The summed E-state index contributed by atoms with van der Waals surface area (Å²) in [5.74, 6) is -1.62. The first-order valence-corrected chi connectivity index (χ1v) is 16.4. The molecule has 13 nitrogen and oxygen atoms in total.